The number of halogens is 4. The highest BCUT2D eigenvalue weighted by Crippen LogP contribution is 2.28. The first-order valence-corrected chi connectivity index (χ1v) is 5.28. The van der Waals surface area contributed by atoms with Gasteiger partial charge in [0, 0.05) is 6.07 Å². The van der Waals surface area contributed by atoms with Crippen molar-refractivity contribution >= 4 is 5.69 Å². The van der Waals surface area contributed by atoms with Crippen LogP contribution in [-0.2, 0) is 0 Å². The van der Waals surface area contributed by atoms with Crippen LogP contribution in [0.4, 0.5) is 23.2 Å². The zero-order valence-corrected chi connectivity index (χ0v) is 8.81. The molecule has 0 aliphatic heterocycles. The van der Waals surface area contributed by atoms with Gasteiger partial charge in [-0.1, -0.05) is 0 Å². The number of hydrogen-bond donors (Lipinski definition) is 2. The summed E-state index contributed by atoms with van der Waals surface area (Å²) in [6, 6.07) is -0.429. The first kappa shape index (κ1) is 12.2. The SMILES string of the molecule is OC1CCCC1Nc1c(F)c(F)cc(F)c1F. The van der Waals surface area contributed by atoms with Crippen molar-refractivity contribution in [3.63, 3.8) is 0 Å². The molecular formula is C11H11F4NO. The number of rotatable bonds is 2. The molecule has 94 valence electrons. The van der Waals surface area contributed by atoms with Gasteiger partial charge in [0.15, 0.2) is 23.3 Å². The van der Waals surface area contributed by atoms with Crippen LogP contribution in [0.15, 0.2) is 6.07 Å². The quantitative estimate of drug-likeness (QED) is 0.623. The van der Waals surface area contributed by atoms with Crippen molar-refractivity contribution in [2.24, 2.45) is 0 Å². The van der Waals surface area contributed by atoms with E-state index in [4.69, 9.17) is 0 Å². The zero-order chi connectivity index (χ0) is 12.6. The second-order valence-corrected chi connectivity index (χ2v) is 4.09. The van der Waals surface area contributed by atoms with E-state index in [9.17, 15) is 22.7 Å². The molecule has 1 aliphatic rings. The molecule has 6 heteroatoms. The average Bonchev–Trinajstić information content (AvgIpc) is 2.68. The van der Waals surface area contributed by atoms with Crippen LogP contribution in [-0.4, -0.2) is 17.3 Å². The molecule has 0 heterocycles. The van der Waals surface area contributed by atoms with E-state index < -0.39 is 41.1 Å². The van der Waals surface area contributed by atoms with E-state index in [0.717, 1.165) is 0 Å². The second kappa shape index (κ2) is 4.52. The van der Waals surface area contributed by atoms with E-state index in [1.54, 1.807) is 0 Å². The summed E-state index contributed by atoms with van der Waals surface area (Å²) in [6.45, 7) is 0. The smallest absolute Gasteiger partial charge is 0.185 e. The van der Waals surface area contributed by atoms with Gasteiger partial charge in [0.1, 0.15) is 5.69 Å². The van der Waals surface area contributed by atoms with Crippen LogP contribution in [0.3, 0.4) is 0 Å². The number of aliphatic hydroxyl groups is 1. The monoisotopic (exact) mass is 249 g/mol. The summed E-state index contributed by atoms with van der Waals surface area (Å²) in [5, 5.41) is 11.8. The van der Waals surface area contributed by atoms with Crippen molar-refractivity contribution in [3.05, 3.63) is 29.3 Å². The van der Waals surface area contributed by atoms with Crippen LogP contribution >= 0.6 is 0 Å². The third-order valence-electron chi connectivity index (χ3n) is 2.92. The Labute approximate surface area is 95.3 Å². The van der Waals surface area contributed by atoms with E-state index >= 15 is 0 Å². The molecule has 0 amide bonds. The second-order valence-electron chi connectivity index (χ2n) is 4.09. The summed E-state index contributed by atoms with van der Waals surface area (Å²) in [5.74, 6) is -5.86. The third-order valence-corrected chi connectivity index (χ3v) is 2.92. The van der Waals surface area contributed by atoms with Crippen LogP contribution in [0.25, 0.3) is 0 Å². The summed E-state index contributed by atoms with van der Waals surface area (Å²) in [7, 11) is 0. The standard InChI is InChI=1S/C11H11F4NO/c12-5-4-6(13)10(15)11(9(5)14)16-7-2-1-3-8(7)17/h4,7-8,16-17H,1-3H2. The van der Waals surface area contributed by atoms with Gasteiger partial charge >= 0.3 is 0 Å². The van der Waals surface area contributed by atoms with E-state index in [1.807, 2.05) is 0 Å². The maximum absolute atomic E-state index is 13.3. The summed E-state index contributed by atoms with van der Waals surface area (Å²) < 4.78 is 52.4. The molecule has 0 saturated heterocycles. The predicted octanol–water partition coefficient (Wildman–Crippen LogP) is 2.57. The van der Waals surface area contributed by atoms with Crippen LogP contribution in [0.2, 0.25) is 0 Å². The number of anilines is 1. The molecule has 1 fully saturated rings. The van der Waals surface area contributed by atoms with Gasteiger partial charge in [0.25, 0.3) is 0 Å². The molecule has 17 heavy (non-hydrogen) atoms. The Bertz CT molecular complexity index is 412. The Morgan fingerprint density at radius 3 is 2.12 bits per heavy atom. The fourth-order valence-electron chi connectivity index (χ4n) is 1.99. The zero-order valence-electron chi connectivity index (χ0n) is 8.81. The summed E-state index contributed by atoms with van der Waals surface area (Å²) in [6.07, 6.45) is 0.927. The van der Waals surface area contributed by atoms with Gasteiger partial charge in [-0.3, -0.25) is 0 Å². The Balaban J connectivity index is 2.31. The molecule has 2 N–H and O–H groups in total. The molecule has 2 rings (SSSR count). The summed E-state index contributed by atoms with van der Waals surface area (Å²) in [4.78, 5) is 0. The van der Waals surface area contributed by atoms with Crippen molar-refractivity contribution in [2.75, 3.05) is 5.32 Å². The average molecular weight is 249 g/mol. The van der Waals surface area contributed by atoms with Gasteiger partial charge in [-0.25, -0.2) is 17.6 Å². The highest BCUT2D eigenvalue weighted by Gasteiger charge is 2.28. The maximum atomic E-state index is 13.3. The molecule has 1 saturated carbocycles. The van der Waals surface area contributed by atoms with Crippen LogP contribution in [0.1, 0.15) is 19.3 Å². The Kier molecular flexibility index (Phi) is 3.24. The number of hydrogen-bond acceptors (Lipinski definition) is 2. The van der Waals surface area contributed by atoms with Crippen LogP contribution in [0.5, 0.6) is 0 Å². The van der Waals surface area contributed by atoms with Crippen molar-refractivity contribution < 1.29 is 22.7 Å². The fourth-order valence-corrected chi connectivity index (χ4v) is 1.99. The minimum absolute atomic E-state index is 0.154. The Hall–Kier alpha value is -1.30. The number of benzene rings is 1. The summed E-state index contributed by atoms with van der Waals surface area (Å²) >= 11 is 0. The van der Waals surface area contributed by atoms with E-state index in [2.05, 4.69) is 5.32 Å². The fraction of sp³-hybridized carbons (Fsp3) is 0.455. The highest BCUT2D eigenvalue weighted by molar-refractivity contribution is 5.48. The number of nitrogens with one attached hydrogen (secondary N) is 1. The minimum atomic E-state index is -1.47. The van der Waals surface area contributed by atoms with Crippen molar-refractivity contribution in [2.45, 2.75) is 31.4 Å². The Morgan fingerprint density at radius 2 is 1.65 bits per heavy atom. The third kappa shape index (κ3) is 2.22. The molecule has 1 aromatic rings. The Morgan fingerprint density at radius 1 is 1.06 bits per heavy atom. The predicted molar refractivity (Wildman–Crippen MR) is 53.5 cm³/mol. The minimum Gasteiger partial charge on any atom is -0.391 e. The topological polar surface area (TPSA) is 32.3 Å². The molecule has 1 aliphatic carbocycles. The van der Waals surface area contributed by atoms with Gasteiger partial charge in [-0.05, 0) is 19.3 Å². The summed E-state index contributed by atoms with van der Waals surface area (Å²) in [5.41, 5.74) is -0.853. The lowest BCUT2D eigenvalue weighted by atomic mass is 10.2. The normalized spacial score (nSPS) is 24.1. The molecule has 0 bridgehead atoms. The largest absolute Gasteiger partial charge is 0.391 e. The lowest BCUT2D eigenvalue weighted by Crippen LogP contribution is -2.29. The molecule has 2 unspecified atom stereocenters. The van der Waals surface area contributed by atoms with Crippen LogP contribution < -0.4 is 5.32 Å². The highest BCUT2D eigenvalue weighted by atomic mass is 19.2. The molecule has 0 aromatic heterocycles. The van der Waals surface area contributed by atoms with Crippen molar-refractivity contribution in [1.29, 1.82) is 0 Å². The van der Waals surface area contributed by atoms with Gasteiger partial charge in [-0.15, -0.1) is 0 Å². The molecular weight excluding hydrogens is 238 g/mol. The lowest BCUT2D eigenvalue weighted by Gasteiger charge is -2.19. The van der Waals surface area contributed by atoms with Gasteiger partial charge in [0.2, 0.25) is 0 Å². The van der Waals surface area contributed by atoms with E-state index in [0.29, 0.717) is 19.3 Å². The van der Waals surface area contributed by atoms with Crippen molar-refractivity contribution in [3.8, 4) is 0 Å². The van der Waals surface area contributed by atoms with Crippen molar-refractivity contribution in [1.82, 2.24) is 0 Å². The van der Waals surface area contributed by atoms with Crippen LogP contribution in [0, 0.1) is 23.3 Å². The molecule has 2 nitrogen and oxygen atoms in total. The van der Waals surface area contributed by atoms with Gasteiger partial charge in [0.05, 0.1) is 12.1 Å². The molecule has 0 spiro atoms. The lowest BCUT2D eigenvalue weighted by molar-refractivity contribution is 0.171. The van der Waals surface area contributed by atoms with E-state index in [-0.39, 0.29) is 6.07 Å². The van der Waals surface area contributed by atoms with Gasteiger partial charge < -0.3 is 10.4 Å². The van der Waals surface area contributed by atoms with Gasteiger partial charge in [-0.2, -0.15) is 0 Å². The molecule has 0 radical (unpaired) electrons. The first-order chi connectivity index (χ1) is 8.00. The maximum Gasteiger partial charge on any atom is 0.185 e. The first-order valence-electron chi connectivity index (χ1n) is 5.28. The van der Waals surface area contributed by atoms with E-state index in [1.165, 1.54) is 0 Å². The number of aliphatic hydroxyl groups excluding tert-OH is 1. The molecule has 1 aromatic carbocycles. The molecule has 2 atom stereocenters.